The molecular formula is C15H22O2. The Hall–Kier alpha value is -1.15. The van der Waals surface area contributed by atoms with Crippen molar-refractivity contribution < 1.29 is 9.53 Å². The lowest BCUT2D eigenvalue weighted by Crippen LogP contribution is -2.15. The molecule has 0 aromatic heterocycles. The fourth-order valence-electron chi connectivity index (χ4n) is 1.71. The minimum atomic E-state index is 0.0658. The molecule has 0 radical (unpaired) electrons. The van der Waals surface area contributed by atoms with Gasteiger partial charge in [-0.3, -0.25) is 4.79 Å². The fourth-order valence-corrected chi connectivity index (χ4v) is 1.71. The molecule has 1 atom stereocenters. The predicted octanol–water partition coefficient (Wildman–Crippen LogP) is 3.69. The summed E-state index contributed by atoms with van der Waals surface area (Å²) >= 11 is 0. The summed E-state index contributed by atoms with van der Waals surface area (Å²) < 4.78 is 5.52. The first-order valence-corrected chi connectivity index (χ1v) is 6.26. The van der Waals surface area contributed by atoms with E-state index in [0.29, 0.717) is 0 Å². The van der Waals surface area contributed by atoms with Crippen molar-refractivity contribution in [2.45, 2.75) is 46.6 Å². The monoisotopic (exact) mass is 234 g/mol. The Morgan fingerprint density at radius 1 is 1.29 bits per heavy atom. The maximum atomic E-state index is 11.9. The van der Waals surface area contributed by atoms with Crippen LogP contribution < -0.4 is 0 Å². The van der Waals surface area contributed by atoms with Crippen LogP contribution in [0.2, 0.25) is 0 Å². The molecule has 0 amide bonds. The summed E-state index contributed by atoms with van der Waals surface area (Å²) in [4.78, 5) is 11.9. The minimum Gasteiger partial charge on any atom is -0.370 e. The number of ketones is 1. The molecule has 2 heteroatoms. The lowest BCUT2D eigenvalue weighted by atomic mass is 10.0. The third kappa shape index (κ3) is 4.31. The summed E-state index contributed by atoms with van der Waals surface area (Å²) in [6.45, 7) is 8.38. The van der Waals surface area contributed by atoms with Crippen molar-refractivity contribution in [3.8, 4) is 0 Å². The molecule has 17 heavy (non-hydrogen) atoms. The summed E-state index contributed by atoms with van der Waals surface area (Å²) in [6, 6.07) is 5.79. The molecule has 0 spiro atoms. The Morgan fingerprint density at radius 3 is 2.59 bits per heavy atom. The molecular weight excluding hydrogens is 212 g/mol. The van der Waals surface area contributed by atoms with Gasteiger partial charge in [0.2, 0.25) is 0 Å². The number of ether oxygens (including phenoxy) is 1. The van der Waals surface area contributed by atoms with E-state index in [1.165, 1.54) is 5.56 Å². The van der Waals surface area contributed by atoms with Crippen LogP contribution >= 0.6 is 0 Å². The summed E-state index contributed by atoms with van der Waals surface area (Å²) in [5, 5.41) is 0. The highest BCUT2D eigenvalue weighted by Gasteiger charge is 2.09. The minimum absolute atomic E-state index is 0.0658. The van der Waals surface area contributed by atoms with Gasteiger partial charge in [-0.1, -0.05) is 25.5 Å². The van der Waals surface area contributed by atoms with Gasteiger partial charge < -0.3 is 4.74 Å². The quantitative estimate of drug-likeness (QED) is 0.702. The van der Waals surface area contributed by atoms with Crippen LogP contribution in [0.25, 0.3) is 0 Å². The lowest BCUT2D eigenvalue weighted by Gasteiger charge is -2.11. The molecule has 0 fully saturated rings. The van der Waals surface area contributed by atoms with E-state index < -0.39 is 0 Å². The standard InChI is InChI=1S/C15H22O2/c1-5-6-13(4)17-10-15(16)14-8-7-11(2)12(3)9-14/h7-9,13H,5-6,10H2,1-4H3. The molecule has 1 aromatic carbocycles. The van der Waals surface area contributed by atoms with Crippen LogP contribution in [0.3, 0.4) is 0 Å². The van der Waals surface area contributed by atoms with E-state index in [4.69, 9.17) is 4.74 Å². The number of carbonyl (C=O) groups excluding carboxylic acids is 1. The predicted molar refractivity (Wildman–Crippen MR) is 70.6 cm³/mol. The Bertz CT molecular complexity index is 383. The van der Waals surface area contributed by atoms with E-state index in [9.17, 15) is 4.79 Å². The normalized spacial score (nSPS) is 12.5. The molecule has 0 aliphatic heterocycles. The van der Waals surface area contributed by atoms with E-state index >= 15 is 0 Å². The number of Topliss-reactive ketones (excluding diaryl/α,β-unsaturated/α-hetero) is 1. The van der Waals surface area contributed by atoms with Crippen molar-refractivity contribution in [1.82, 2.24) is 0 Å². The average molecular weight is 234 g/mol. The zero-order valence-corrected chi connectivity index (χ0v) is 11.2. The number of benzene rings is 1. The van der Waals surface area contributed by atoms with Gasteiger partial charge in [-0.25, -0.2) is 0 Å². The van der Waals surface area contributed by atoms with E-state index in [0.717, 1.165) is 24.0 Å². The van der Waals surface area contributed by atoms with Crippen molar-refractivity contribution in [3.63, 3.8) is 0 Å². The van der Waals surface area contributed by atoms with Gasteiger partial charge >= 0.3 is 0 Å². The highest BCUT2D eigenvalue weighted by atomic mass is 16.5. The second kappa shape index (κ2) is 6.55. The first kappa shape index (κ1) is 13.9. The summed E-state index contributed by atoms with van der Waals surface area (Å²) in [7, 11) is 0. The van der Waals surface area contributed by atoms with Crippen LogP contribution in [0.4, 0.5) is 0 Å². The molecule has 94 valence electrons. The third-order valence-electron chi connectivity index (χ3n) is 3.02. The van der Waals surface area contributed by atoms with Crippen molar-refractivity contribution in [3.05, 3.63) is 34.9 Å². The fraction of sp³-hybridized carbons (Fsp3) is 0.533. The molecule has 0 bridgehead atoms. The zero-order valence-electron chi connectivity index (χ0n) is 11.2. The summed E-state index contributed by atoms with van der Waals surface area (Å²) in [6.07, 6.45) is 2.25. The Kier molecular flexibility index (Phi) is 5.36. The van der Waals surface area contributed by atoms with Crippen LogP contribution in [0.1, 0.15) is 48.2 Å². The van der Waals surface area contributed by atoms with Crippen molar-refractivity contribution in [1.29, 1.82) is 0 Å². The number of rotatable bonds is 6. The highest BCUT2D eigenvalue weighted by molar-refractivity contribution is 5.97. The van der Waals surface area contributed by atoms with Crippen LogP contribution in [0.5, 0.6) is 0 Å². The van der Waals surface area contributed by atoms with Crippen molar-refractivity contribution in [2.75, 3.05) is 6.61 Å². The van der Waals surface area contributed by atoms with Gasteiger partial charge in [0.05, 0.1) is 6.10 Å². The van der Waals surface area contributed by atoms with Crippen LogP contribution in [-0.4, -0.2) is 18.5 Å². The molecule has 0 heterocycles. The number of aryl methyl sites for hydroxylation is 2. The maximum Gasteiger partial charge on any atom is 0.188 e. The van der Waals surface area contributed by atoms with Crippen LogP contribution in [-0.2, 0) is 4.74 Å². The third-order valence-corrected chi connectivity index (χ3v) is 3.02. The second-order valence-corrected chi connectivity index (χ2v) is 4.63. The molecule has 0 saturated carbocycles. The summed E-state index contributed by atoms with van der Waals surface area (Å²) in [5.41, 5.74) is 3.11. The van der Waals surface area contributed by atoms with E-state index in [-0.39, 0.29) is 18.5 Å². The lowest BCUT2D eigenvalue weighted by molar-refractivity contribution is 0.0490. The first-order valence-electron chi connectivity index (χ1n) is 6.26. The molecule has 2 nitrogen and oxygen atoms in total. The molecule has 0 aliphatic rings. The Morgan fingerprint density at radius 2 is 2.00 bits per heavy atom. The zero-order chi connectivity index (χ0) is 12.8. The van der Waals surface area contributed by atoms with E-state index in [2.05, 4.69) is 6.92 Å². The first-order chi connectivity index (χ1) is 8.04. The number of hydrogen-bond acceptors (Lipinski definition) is 2. The summed E-state index contributed by atoms with van der Waals surface area (Å²) in [5.74, 6) is 0.0658. The Balaban J connectivity index is 2.55. The second-order valence-electron chi connectivity index (χ2n) is 4.63. The van der Waals surface area contributed by atoms with E-state index in [1.54, 1.807) is 0 Å². The number of carbonyl (C=O) groups is 1. The van der Waals surface area contributed by atoms with Gasteiger partial charge in [0.15, 0.2) is 5.78 Å². The molecule has 0 N–H and O–H groups in total. The van der Waals surface area contributed by atoms with E-state index in [1.807, 2.05) is 39.0 Å². The van der Waals surface area contributed by atoms with Crippen LogP contribution in [0.15, 0.2) is 18.2 Å². The smallest absolute Gasteiger partial charge is 0.188 e. The van der Waals surface area contributed by atoms with Gasteiger partial charge in [-0.2, -0.15) is 0 Å². The van der Waals surface area contributed by atoms with Gasteiger partial charge in [0, 0.05) is 5.56 Å². The highest BCUT2D eigenvalue weighted by Crippen LogP contribution is 2.11. The largest absolute Gasteiger partial charge is 0.370 e. The SMILES string of the molecule is CCCC(C)OCC(=O)c1ccc(C)c(C)c1. The molecule has 0 saturated heterocycles. The average Bonchev–Trinajstić information content (AvgIpc) is 2.30. The maximum absolute atomic E-state index is 11.9. The van der Waals surface area contributed by atoms with Crippen LogP contribution in [0, 0.1) is 13.8 Å². The van der Waals surface area contributed by atoms with Gasteiger partial charge in [0.25, 0.3) is 0 Å². The molecule has 1 rings (SSSR count). The Labute approximate surface area is 104 Å². The van der Waals surface area contributed by atoms with Crippen molar-refractivity contribution >= 4 is 5.78 Å². The van der Waals surface area contributed by atoms with Crippen molar-refractivity contribution in [2.24, 2.45) is 0 Å². The topological polar surface area (TPSA) is 26.3 Å². The van der Waals surface area contributed by atoms with Gasteiger partial charge in [-0.15, -0.1) is 0 Å². The molecule has 1 unspecified atom stereocenters. The van der Waals surface area contributed by atoms with Gasteiger partial charge in [0.1, 0.15) is 6.61 Å². The molecule has 1 aromatic rings. The van der Waals surface area contributed by atoms with Gasteiger partial charge in [-0.05, 0) is 44.4 Å². The number of hydrogen-bond donors (Lipinski definition) is 0. The molecule has 0 aliphatic carbocycles.